The molecule has 26 heavy (non-hydrogen) atoms. The van der Waals surface area contributed by atoms with Crippen molar-refractivity contribution in [2.24, 2.45) is 16.0 Å². The van der Waals surface area contributed by atoms with Gasteiger partial charge >= 0.3 is 0 Å². The Morgan fingerprint density at radius 1 is 1.27 bits per heavy atom. The zero-order valence-corrected chi connectivity index (χ0v) is 17.3. The molecular weight excluding hydrogens is 342 g/mol. The molecule has 0 saturated carbocycles. The molecule has 0 N–H and O–H groups in total. The molecule has 0 amide bonds. The van der Waals surface area contributed by atoms with Gasteiger partial charge in [-0.2, -0.15) is 5.10 Å². The summed E-state index contributed by atoms with van der Waals surface area (Å²) in [6.07, 6.45) is 2.11. The van der Waals surface area contributed by atoms with Crippen molar-refractivity contribution in [3.05, 3.63) is 46.6 Å². The van der Waals surface area contributed by atoms with Crippen molar-refractivity contribution in [2.45, 2.75) is 40.5 Å². The molecule has 0 bridgehead atoms. The van der Waals surface area contributed by atoms with Gasteiger partial charge in [-0.05, 0) is 44.7 Å². The van der Waals surface area contributed by atoms with Crippen LogP contribution in [0, 0.1) is 5.92 Å². The summed E-state index contributed by atoms with van der Waals surface area (Å²) >= 11 is 1.59. The quantitative estimate of drug-likeness (QED) is 0.454. The van der Waals surface area contributed by atoms with Gasteiger partial charge in [0.15, 0.2) is 0 Å². The summed E-state index contributed by atoms with van der Waals surface area (Å²) in [6, 6.07) is 8.01. The van der Waals surface area contributed by atoms with Crippen LogP contribution in [0.2, 0.25) is 0 Å². The van der Waals surface area contributed by atoms with Gasteiger partial charge in [0, 0.05) is 16.7 Å². The van der Waals surface area contributed by atoms with Crippen molar-refractivity contribution in [1.82, 2.24) is 4.68 Å². The molecule has 0 unspecified atom stereocenters. The first-order chi connectivity index (χ1) is 12.4. The van der Waals surface area contributed by atoms with Crippen molar-refractivity contribution < 1.29 is 4.74 Å². The highest BCUT2D eigenvalue weighted by atomic mass is 32.1. The van der Waals surface area contributed by atoms with E-state index < -0.39 is 0 Å². The van der Waals surface area contributed by atoms with Crippen LogP contribution in [0.4, 0.5) is 0 Å². The molecule has 4 nitrogen and oxygen atoms in total. The lowest BCUT2D eigenvalue weighted by Crippen LogP contribution is -2.15. The lowest BCUT2D eigenvalue weighted by Gasteiger charge is -2.10. The van der Waals surface area contributed by atoms with Gasteiger partial charge < -0.3 is 4.74 Å². The monoisotopic (exact) mass is 371 g/mol. The number of ether oxygens (including phenoxy) is 1. The van der Waals surface area contributed by atoms with E-state index in [4.69, 9.17) is 9.84 Å². The van der Waals surface area contributed by atoms with E-state index in [1.807, 2.05) is 29.8 Å². The normalized spacial score (nSPS) is 12.7. The summed E-state index contributed by atoms with van der Waals surface area (Å²) in [5.74, 6) is 1.49. The zero-order chi connectivity index (χ0) is 19.1. The van der Waals surface area contributed by atoms with Crippen LogP contribution < -0.4 is 9.54 Å². The van der Waals surface area contributed by atoms with E-state index in [0.717, 1.165) is 45.9 Å². The highest BCUT2D eigenvalue weighted by Crippen LogP contribution is 2.30. The average Bonchev–Trinajstić information content (AvgIpc) is 3.00. The van der Waals surface area contributed by atoms with Crippen LogP contribution in [-0.4, -0.2) is 24.0 Å². The first-order valence-electron chi connectivity index (χ1n) is 8.95. The van der Waals surface area contributed by atoms with Gasteiger partial charge in [-0.15, -0.1) is 11.3 Å². The van der Waals surface area contributed by atoms with Gasteiger partial charge in [0.2, 0.25) is 4.80 Å². The molecule has 5 heteroatoms. The standard InChI is InChI=1S/C21H29N3OS/c1-15(2)11-12-17(5)23-24-19(14-26-21(24)22-13-16(3)4)18-9-7-8-10-20(18)25-6/h7-10,14-15H,3,11-13H2,1-2,4-6H3. The second-order valence-corrected chi connectivity index (χ2v) is 7.79. The average molecular weight is 372 g/mol. The van der Waals surface area contributed by atoms with Gasteiger partial charge in [-0.3, -0.25) is 4.99 Å². The van der Waals surface area contributed by atoms with Gasteiger partial charge in [-0.25, -0.2) is 4.68 Å². The topological polar surface area (TPSA) is 38.9 Å². The summed E-state index contributed by atoms with van der Waals surface area (Å²) in [6.45, 7) is 13.1. The zero-order valence-electron chi connectivity index (χ0n) is 16.5. The third kappa shape index (κ3) is 5.43. The largest absolute Gasteiger partial charge is 0.496 e. The second kappa shape index (κ2) is 9.53. The van der Waals surface area contributed by atoms with Gasteiger partial charge in [-0.1, -0.05) is 38.1 Å². The van der Waals surface area contributed by atoms with Crippen LogP contribution in [-0.2, 0) is 0 Å². The molecule has 0 saturated heterocycles. The molecular formula is C21H29N3OS. The molecule has 1 heterocycles. The maximum atomic E-state index is 5.54. The van der Waals surface area contributed by atoms with Crippen LogP contribution >= 0.6 is 11.3 Å². The van der Waals surface area contributed by atoms with E-state index in [-0.39, 0.29) is 0 Å². The molecule has 0 aliphatic carbocycles. The van der Waals surface area contributed by atoms with E-state index in [2.05, 4.69) is 43.8 Å². The third-order valence-electron chi connectivity index (χ3n) is 3.91. The van der Waals surface area contributed by atoms with Crippen LogP contribution in [0.3, 0.4) is 0 Å². The van der Waals surface area contributed by atoms with Crippen molar-refractivity contribution in [3.8, 4) is 17.0 Å². The Morgan fingerprint density at radius 2 is 2.00 bits per heavy atom. The number of aromatic nitrogens is 1. The summed E-state index contributed by atoms with van der Waals surface area (Å²) in [5, 5.41) is 6.98. The summed E-state index contributed by atoms with van der Waals surface area (Å²) in [7, 11) is 1.69. The third-order valence-corrected chi connectivity index (χ3v) is 4.76. The number of methoxy groups -OCH3 is 1. The highest BCUT2D eigenvalue weighted by Gasteiger charge is 2.12. The lowest BCUT2D eigenvalue weighted by molar-refractivity contribution is 0.416. The Kier molecular flexibility index (Phi) is 7.39. The number of hydrogen-bond acceptors (Lipinski definition) is 4. The minimum absolute atomic E-state index is 0.604. The van der Waals surface area contributed by atoms with Crippen LogP contribution in [0.1, 0.15) is 40.5 Å². The van der Waals surface area contributed by atoms with Crippen molar-refractivity contribution in [3.63, 3.8) is 0 Å². The summed E-state index contributed by atoms with van der Waals surface area (Å²) in [4.78, 5) is 5.56. The van der Waals surface area contributed by atoms with Crippen molar-refractivity contribution in [1.29, 1.82) is 0 Å². The Hall–Kier alpha value is -2.14. The molecule has 140 valence electrons. The van der Waals surface area contributed by atoms with E-state index in [9.17, 15) is 0 Å². The first-order valence-corrected chi connectivity index (χ1v) is 9.83. The number of para-hydroxylation sites is 1. The number of nitrogens with zero attached hydrogens (tertiary/aromatic N) is 3. The Labute approximate surface area is 160 Å². The maximum absolute atomic E-state index is 5.54. The molecule has 0 fully saturated rings. The number of thiazole rings is 1. The molecule has 0 aliphatic rings. The second-order valence-electron chi connectivity index (χ2n) is 6.96. The van der Waals surface area contributed by atoms with E-state index in [0.29, 0.717) is 12.5 Å². The molecule has 0 atom stereocenters. The predicted octanol–water partition coefficient (Wildman–Crippen LogP) is 5.36. The minimum Gasteiger partial charge on any atom is -0.496 e. The fourth-order valence-electron chi connectivity index (χ4n) is 2.47. The van der Waals surface area contributed by atoms with Crippen LogP contribution in [0.15, 0.2) is 51.9 Å². The lowest BCUT2D eigenvalue weighted by atomic mass is 10.1. The Bertz CT molecular complexity index is 843. The van der Waals surface area contributed by atoms with Gasteiger partial charge in [0.05, 0.1) is 19.3 Å². The number of hydrogen-bond donors (Lipinski definition) is 0. The van der Waals surface area contributed by atoms with Gasteiger partial charge in [0.25, 0.3) is 0 Å². The highest BCUT2D eigenvalue weighted by molar-refractivity contribution is 7.07. The number of benzene rings is 1. The van der Waals surface area contributed by atoms with E-state index >= 15 is 0 Å². The van der Waals surface area contributed by atoms with E-state index in [1.165, 1.54) is 0 Å². The van der Waals surface area contributed by atoms with Gasteiger partial charge in [0.1, 0.15) is 5.75 Å². The smallest absolute Gasteiger partial charge is 0.206 e. The fraction of sp³-hybridized carbons (Fsp3) is 0.429. The molecule has 0 spiro atoms. The molecule has 1 aromatic carbocycles. The SMILES string of the molecule is C=C(C)CN=c1scc(-c2ccccc2OC)n1N=C(C)CCC(C)C. The summed E-state index contributed by atoms with van der Waals surface area (Å²) < 4.78 is 7.49. The molecule has 0 radical (unpaired) electrons. The maximum Gasteiger partial charge on any atom is 0.206 e. The predicted molar refractivity (Wildman–Crippen MR) is 112 cm³/mol. The minimum atomic E-state index is 0.604. The first kappa shape index (κ1) is 20.2. The van der Waals surface area contributed by atoms with Crippen molar-refractivity contribution in [2.75, 3.05) is 13.7 Å². The van der Waals surface area contributed by atoms with Crippen LogP contribution in [0.5, 0.6) is 5.75 Å². The summed E-state index contributed by atoms with van der Waals surface area (Å²) in [5.41, 5.74) is 4.15. The molecule has 0 aliphatic heterocycles. The Balaban J connectivity index is 2.54. The van der Waals surface area contributed by atoms with Crippen LogP contribution in [0.25, 0.3) is 11.3 Å². The molecule has 2 rings (SSSR count). The van der Waals surface area contributed by atoms with Crippen molar-refractivity contribution >= 4 is 17.0 Å². The Morgan fingerprint density at radius 3 is 2.65 bits per heavy atom. The number of rotatable bonds is 8. The fourth-order valence-corrected chi connectivity index (χ4v) is 3.29. The molecule has 2 aromatic rings. The molecule has 1 aromatic heterocycles. The van der Waals surface area contributed by atoms with E-state index in [1.54, 1.807) is 18.4 Å².